The number of fused-ring (bicyclic) bond motifs is 1. The molecule has 2 aliphatic heterocycles. The molecule has 1 amide bonds. The molecular weight excluding hydrogens is 342 g/mol. The predicted molar refractivity (Wildman–Crippen MR) is 103 cm³/mol. The molecule has 27 heavy (non-hydrogen) atoms. The van der Waals surface area contributed by atoms with Crippen molar-refractivity contribution in [3.05, 3.63) is 53.9 Å². The lowest BCUT2D eigenvalue weighted by Gasteiger charge is -2.38. The van der Waals surface area contributed by atoms with Gasteiger partial charge in [0, 0.05) is 19.3 Å². The first-order chi connectivity index (χ1) is 13.0. The van der Waals surface area contributed by atoms with Crippen LogP contribution >= 0.6 is 0 Å². The van der Waals surface area contributed by atoms with Gasteiger partial charge in [0.15, 0.2) is 0 Å². The van der Waals surface area contributed by atoms with Crippen LogP contribution in [-0.2, 0) is 10.4 Å². The van der Waals surface area contributed by atoms with Crippen molar-refractivity contribution in [2.45, 2.75) is 25.4 Å². The van der Waals surface area contributed by atoms with Crippen LogP contribution in [0.25, 0.3) is 0 Å². The first kappa shape index (κ1) is 17.9. The summed E-state index contributed by atoms with van der Waals surface area (Å²) in [5.41, 5.74) is 1.74. The minimum Gasteiger partial charge on any atom is -0.490 e. The number of ether oxygens (including phenoxy) is 1. The number of hydrogen-bond donors (Lipinski definition) is 1. The van der Waals surface area contributed by atoms with Gasteiger partial charge in [-0.3, -0.25) is 14.7 Å². The van der Waals surface area contributed by atoms with E-state index in [0.29, 0.717) is 45.6 Å². The number of piperidine rings is 1. The zero-order chi connectivity index (χ0) is 18.9. The van der Waals surface area contributed by atoms with E-state index in [2.05, 4.69) is 9.88 Å². The third-order valence-electron chi connectivity index (χ3n) is 5.46. The molecule has 1 N–H and O–H groups in total. The lowest BCUT2D eigenvalue weighted by Crippen LogP contribution is -2.48. The van der Waals surface area contributed by atoms with Gasteiger partial charge in [-0.05, 0) is 43.5 Å². The van der Waals surface area contributed by atoms with E-state index >= 15 is 0 Å². The summed E-state index contributed by atoms with van der Waals surface area (Å²) in [6.07, 6.45) is 2.95. The van der Waals surface area contributed by atoms with Gasteiger partial charge in [0.05, 0.1) is 24.5 Å². The molecule has 3 heterocycles. The summed E-state index contributed by atoms with van der Waals surface area (Å²) in [5.74, 6) is 0.834. The standard InChI is InChI=1S/C21H25N3O3/c1-16-6-7-19(22-14-16)21(26)8-10-23(11-9-21)15-20(25)24-12-13-27-18-5-3-2-4-17(18)24/h2-7,14,26H,8-13,15H2,1H3. The van der Waals surface area contributed by atoms with Crippen LogP contribution < -0.4 is 9.64 Å². The second kappa shape index (κ2) is 7.29. The Morgan fingerprint density at radius 2 is 1.96 bits per heavy atom. The summed E-state index contributed by atoms with van der Waals surface area (Å²) in [4.78, 5) is 21.2. The second-order valence-corrected chi connectivity index (χ2v) is 7.39. The number of anilines is 1. The highest BCUT2D eigenvalue weighted by Crippen LogP contribution is 2.33. The first-order valence-electron chi connectivity index (χ1n) is 9.45. The Morgan fingerprint density at radius 1 is 1.19 bits per heavy atom. The SMILES string of the molecule is Cc1ccc(C2(O)CCN(CC(=O)N3CCOc4ccccc43)CC2)nc1. The molecule has 1 saturated heterocycles. The monoisotopic (exact) mass is 367 g/mol. The molecule has 0 radical (unpaired) electrons. The Balaban J connectivity index is 1.38. The van der Waals surface area contributed by atoms with E-state index in [4.69, 9.17) is 4.74 Å². The number of aliphatic hydroxyl groups is 1. The molecule has 0 bridgehead atoms. The summed E-state index contributed by atoms with van der Waals surface area (Å²) in [6, 6.07) is 11.5. The molecule has 142 valence electrons. The van der Waals surface area contributed by atoms with Crippen LogP contribution in [0.15, 0.2) is 42.6 Å². The number of likely N-dealkylation sites (tertiary alicyclic amines) is 1. The number of nitrogens with zero attached hydrogens (tertiary/aromatic N) is 3. The highest BCUT2D eigenvalue weighted by Gasteiger charge is 2.36. The summed E-state index contributed by atoms with van der Waals surface area (Å²) in [5, 5.41) is 11.0. The van der Waals surface area contributed by atoms with Gasteiger partial charge in [-0.1, -0.05) is 18.2 Å². The van der Waals surface area contributed by atoms with Crippen LogP contribution in [-0.4, -0.2) is 53.7 Å². The minimum atomic E-state index is -0.904. The molecule has 1 aromatic heterocycles. The third kappa shape index (κ3) is 3.68. The molecule has 6 heteroatoms. The number of rotatable bonds is 3. The topological polar surface area (TPSA) is 65.9 Å². The maximum absolute atomic E-state index is 12.9. The fourth-order valence-corrected chi connectivity index (χ4v) is 3.79. The number of amides is 1. The van der Waals surface area contributed by atoms with Gasteiger partial charge >= 0.3 is 0 Å². The Kier molecular flexibility index (Phi) is 4.85. The molecule has 1 fully saturated rings. The summed E-state index contributed by atoms with van der Waals surface area (Å²) >= 11 is 0. The number of aryl methyl sites for hydroxylation is 1. The molecule has 2 aliphatic rings. The highest BCUT2D eigenvalue weighted by molar-refractivity contribution is 5.96. The van der Waals surface area contributed by atoms with Gasteiger partial charge in [0.2, 0.25) is 5.91 Å². The Labute approximate surface area is 159 Å². The largest absolute Gasteiger partial charge is 0.490 e. The molecule has 0 saturated carbocycles. The lowest BCUT2D eigenvalue weighted by molar-refractivity contribution is -0.121. The number of hydrogen-bond acceptors (Lipinski definition) is 5. The van der Waals surface area contributed by atoms with Crippen molar-refractivity contribution in [2.75, 3.05) is 37.7 Å². The normalized spacial score (nSPS) is 19.3. The number of pyridine rings is 1. The third-order valence-corrected chi connectivity index (χ3v) is 5.46. The molecular formula is C21H25N3O3. The average Bonchev–Trinajstić information content (AvgIpc) is 2.70. The van der Waals surface area contributed by atoms with Crippen molar-refractivity contribution in [1.29, 1.82) is 0 Å². The first-order valence-corrected chi connectivity index (χ1v) is 9.45. The van der Waals surface area contributed by atoms with Crippen molar-refractivity contribution in [3.63, 3.8) is 0 Å². The number of carbonyl (C=O) groups is 1. The number of carbonyl (C=O) groups excluding carboxylic acids is 1. The van der Waals surface area contributed by atoms with E-state index in [-0.39, 0.29) is 5.91 Å². The van der Waals surface area contributed by atoms with Crippen LogP contribution in [0.5, 0.6) is 5.75 Å². The molecule has 6 nitrogen and oxygen atoms in total. The van der Waals surface area contributed by atoms with Gasteiger partial charge in [-0.15, -0.1) is 0 Å². The van der Waals surface area contributed by atoms with Gasteiger partial charge in [0.25, 0.3) is 0 Å². The Bertz CT molecular complexity index is 814. The van der Waals surface area contributed by atoms with Crippen molar-refractivity contribution in [1.82, 2.24) is 9.88 Å². The van der Waals surface area contributed by atoms with Crippen LogP contribution in [0.2, 0.25) is 0 Å². The average molecular weight is 367 g/mol. The maximum Gasteiger partial charge on any atom is 0.241 e. The molecule has 1 aromatic carbocycles. The summed E-state index contributed by atoms with van der Waals surface area (Å²) < 4.78 is 5.63. The van der Waals surface area contributed by atoms with Crippen LogP contribution in [0.4, 0.5) is 5.69 Å². The molecule has 0 atom stereocenters. The molecule has 0 unspecified atom stereocenters. The van der Waals surface area contributed by atoms with E-state index in [0.717, 1.165) is 22.7 Å². The Hall–Kier alpha value is -2.44. The number of para-hydroxylation sites is 2. The zero-order valence-electron chi connectivity index (χ0n) is 15.6. The quantitative estimate of drug-likeness (QED) is 0.900. The van der Waals surface area contributed by atoms with Crippen LogP contribution in [0.1, 0.15) is 24.1 Å². The Morgan fingerprint density at radius 3 is 2.70 bits per heavy atom. The molecule has 0 spiro atoms. The highest BCUT2D eigenvalue weighted by atomic mass is 16.5. The molecule has 4 rings (SSSR count). The maximum atomic E-state index is 12.9. The smallest absolute Gasteiger partial charge is 0.241 e. The van der Waals surface area contributed by atoms with Gasteiger partial charge in [0.1, 0.15) is 18.0 Å². The van der Waals surface area contributed by atoms with Crippen LogP contribution in [0, 0.1) is 6.92 Å². The number of aromatic nitrogens is 1. The summed E-state index contributed by atoms with van der Waals surface area (Å²) in [6.45, 7) is 4.76. The van der Waals surface area contributed by atoms with Crippen molar-refractivity contribution < 1.29 is 14.6 Å². The van der Waals surface area contributed by atoms with E-state index in [1.807, 2.05) is 43.3 Å². The zero-order valence-corrected chi connectivity index (χ0v) is 15.6. The van der Waals surface area contributed by atoms with Gasteiger partial charge in [-0.2, -0.15) is 0 Å². The lowest BCUT2D eigenvalue weighted by atomic mass is 9.87. The van der Waals surface area contributed by atoms with Crippen molar-refractivity contribution in [3.8, 4) is 5.75 Å². The molecule has 0 aliphatic carbocycles. The number of benzene rings is 1. The van der Waals surface area contributed by atoms with Gasteiger partial charge < -0.3 is 14.7 Å². The van der Waals surface area contributed by atoms with Crippen molar-refractivity contribution >= 4 is 11.6 Å². The summed E-state index contributed by atoms with van der Waals surface area (Å²) in [7, 11) is 0. The van der Waals surface area contributed by atoms with E-state index in [1.54, 1.807) is 11.1 Å². The predicted octanol–water partition coefficient (Wildman–Crippen LogP) is 2.10. The molecule has 2 aromatic rings. The van der Waals surface area contributed by atoms with Crippen molar-refractivity contribution in [2.24, 2.45) is 0 Å². The second-order valence-electron chi connectivity index (χ2n) is 7.39. The fourth-order valence-electron chi connectivity index (χ4n) is 3.79. The van der Waals surface area contributed by atoms with E-state index < -0.39 is 5.60 Å². The van der Waals surface area contributed by atoms with E-state index in [9.17, 15) is 9.90 Å². The van der Waals surface area contributed by atoms with E-state index in [1.165, 1.54) is 0 Å². The minimum absolute atomic E-state index is 0.0738. The van der Waals surface area contributed by atoms with Crippen LogP contribution in [0.3, 0.4) is 0 Å². The fraction of sp³-hybridized carbons (Fsp3) is 0.429. The van der Waals surface area contributed by atoms with Gasteiger partial charge in [-0.25, -0.2) is 0 Å².